The quantitative estimate of drug-likeness (QED) is 0.808. The molecule has 0 spiro atoms. The normalized spacial score (nSPS) is 14.1. The number of rotatable bonds is 5. The van der Waals surface area contributed by atoms with Crippen molar-refractivity contribution in [2.45, 2.75) is 32.7 Å². The average molecular weight is 236 g/mol. The van der Waals surface area contributed by atoms with E-state index in [0.29, 0.717) is 13.0 Å². The van der Waals surface area contributed by atoms with Gasteiger partial charge in [0.25, 0.3) is 0 Å². The summed E-state index contributed by atoms with van der Waals surface area (Å²) >= 11 is 0. The van der Waals surface area contributed by atoms with Crippen molar-refractivity contribution in [3.8, 4) is 5.75 Å². The molecule has 0 aliphatic carbocycles. The number of carbonyl (C=O) groups is 1. The van der Waals surface area contributed by atoms with E-state index in [9.17, 15) is 4.79 Å². The molecule has 0 saturated carbocycles. The number of amides is 1. The van der Waals surface area contributed by atoms with E-state index in [-0.39, 0.29) is 0 Å². The second kappa shape index (κ2) is 5.19. The van der Waals surface area contributed by atoms with E-state index in [0.717, 1.165) is 11.3 Å². The zero-order valence-corrected chi connectivity index (χ0v) is 10.6. The molecule has 4 nitrogen and oxygen atoms in total. The van der Waals surface area contributed by atoms with Crippen LogP contribution in [0.1, 0.15) is 24.5 Å². The molecule has 0 aliphatic heterocycles. The lowest BCUT2D eigenvalue weighted by Crippen LogP contribution is -2.50. The van der Waals surface area contributed by atoms with Crippen LogP contribution in [0.2, 0.25) is 0 Å². The first kappa shape index (κ1) is 13.5. The van der Waals surface area contributed by atoms with Crippen LogP contribution in [0, 0.1) is 13.8 Å². The van der Waals surface area contributed by atoms with Gasteiger partial charge in [-0.15, -0.1) is 0 Å². The van der Waals surface area contributed by atoms with E-state index >= 15 is 0 Å². The van der Waals surface area contributed by atoms with Gasteiger partial charge in [-0.1, -0.05) is 12.1 Å². The van der Waals surface area contributed by atoms with E-state index in [4.69, 9.17) is 16.2 Å². The first-order valence-electron chi connectivity index (χ1n) is 5.62. The van der Waals surface area contributed by atoms with Crippen LogP contribution in [0.3, 0.4) is 0 Å². The Labute approximate surface area is 102 Å². The Morgan fingerprint density at radius 3 is 2.65 bits per heavy atom. The minimum absolute atomic E-state index is 0.375. The molecule has 1 rings (SSSR count). The fourth-order valence-electron chi connectivity index (χ4n) is 1.38. The molecule has 17 heavy (non-hydrogen) atoms. The summed E-state index contributed by atoms with van der Waals surface area (Å²) in [5, 5.41) is 0. The predicted molar refractivity (Wildman–Crippen MR) is 67.8 cm³/mol. The largest absolute Gasteiger partial charge is 0.493 e. The van der Waals surface area contributed by atoms with Crippen molar-refractivity contribution in [3.05, 3.63) is 29.3 Å². The van der Waals surface area contributed by atoms with Crippen molar-refractivity contribution in [3.63, 3.8) is 0 Å². The van der Waals surface area contributed by atoms with Crippen molar-refractivity contribution >= 4 is 5.91 Å². The van der Waals surface area contributed by atoms with Gasteiger partial charge in [0.15, 0.2) is 0 Å². The Bertz CT molecular complexity index is 414. The fraction of sp³-hybridized carbons (Fsp3) is 0.462. The van der Waals surface area contributed by atoms with Gasteiger partial charge in [0.05, 0.1) is 12.1 Å². The van der Waals surface area contributed by atoms with Crippen LogP contribution in [-0.2, 0) is 4.79 Å². The van der Waals surface area contributed by atoms with Crippen LogP contribution in [0.15, 0.2) is 18.2 Å². The first-order chi connectivity index (χ1) is 7.84. The van der Waals surface area contributed by atoms with E-state index in [1.807, 2.05) is 32.0 Å². The number of primary amides is 1. The third-order valence-electron chi connectivity index (χ3n) is 3.00. The Morgan fingerprint density at radius 1 is 1.41 bits per heavy atom. The fourth-order valence-corrected chi connectivity index (χ4v) is 1.38. The van der Waals surface area contributed by atoms with Crippen molar-refractivity contribution in [2.75, 3.05) is 6.61 Å². The van der Waals surface area contributed by atoms with Crippen LogP contribution in [0.4, 0.5) is 0 Å². The third-order valence-corrected chi connectivity index (χ3v) is 3.00. The van der Waals surface area contributed by atoms with Crippen LogP contribution < -0.4 is 16.2 Å². The smallest absolute Gasteiger partial charge is 0.237 e. The number of hydrogen-bond acceptors (Lipinski definition) is 3. The molecule has 0 aliphatic rings. The standard InChI is InChI=1S/C13H20N2O2/c1-9-5-4-6-11(10(9)2)17-8-7-13(3,15)12(14)16/h4-6H,7-8,15H2,1-3H3,(H2,14,16). The number of benzene rings is 1. The van der Waals surface area contributed by atoms with Gasteiger partial charge in [-0.25, -0.2) is 0 Å². The molecule has 0 heterocycles. The van der Waals surface area contributed by atoms with Crippen LogP contribution in [0.25, 0.3) is 0 Å². The molecule has 94 valence electrons. The molecule has 0 radical (unpaired) electrons. The first-order valence-corrected chi connectivity index (χ1v) is 5.62. The molecule has 1 atom stereocenters. The molecule has 1 unspecified atom stereocenters. The highest BCUT2D eigenvalue weighted by molar-refractivity contribution is 5.83. The lowest BCUT2D eigenvalue weighted by molar-refractivity contribution is -0.123. The molecule has 0 bridgehead atoms. The maximum atomic E-state index is 11.0. The zero-order chi connectivity index (χ0) is 13.1. The molecule has 4 N–H and O–H groups in total. The number of hydrogen-bond donors (Lipinski definition) is 2. The van der Waals surface area contributed by atoms with Crippen LogP contribution in [-0.4, -0.2) is 18.1 Å². The topological polar surface area (TPSA) is 78.3 Å². The molecular formula is C13H20N2O2. The van der Waals surface area contributed by atoms with Gasteiger partial charge >= 0.3 is 0 Å². The van der Waals surface area contributed by atoms with Gasteiger partial charge < -0.3 is 16.2 Å². The highest BCUT2D eigenvalue weighted by Gasteiger charge is 2.25. The van der Waals surface area contributed by atoms with Crippen LogP contribution >= 0.6 is 0 Å². The van der Waals surface area contributed by atoms with Gasteiger partial charge in [0.2, 0.25) is 5.91 Å². The average Bonchev–Trinajstić information content (AvgIpc) is 2.24. The van der Waals surface area contributed by atoms with Gasteiger partial charge in [-0.05, 0) is 38.0 Å². The van der Waals surface area contributed by atoms with Gasteiger partial charge in [-0.3, -0.25) is 4.79 Å². The highest BCUT2D eigenvalue weighted by atomic mass is 16.5. The maximum Gasteiger partial charge on any atom is 0.237 e. The number of ether oxygens (including phenoxy) is 1. The van der Waals surface area contributed by atoms with Crippen molar-refractivity contribution in [1.82, 2.24) is 0 Å². The SMILES string of the molecule is Cc1cccc(OCCC(C)(N)C(N)=O)c1C. The molecule has 1 aromatic carbocycles. The van der Waals surface area contributed by atoms with Crippen LogP contribution in [0.5, 0.6) is 5.75 Å². The van der Waals surface area contributed by atoms with Crippen molar-refractivity contribution in [1.29, 1.82) is 0 Å². The van der Waals surface area contributed by atoms with E-state index in [2.05, 4.69) is 0 Å². The summed E-state index contributed by atoms with van der Waals surface area (Å²) < 4.78 is 5.62. The second-order valence-corrected chi connectivity index (χ2v) is 4.58. The predicted octanol–water partition coefficient (Wildman–Crippen LogP) is 1.28. The molecule has 0 saturated heterocycles. The van der Waals surface area contributed by atoms with Gasteiger partial charge in [0.1, 0.15) is 5.75 Å². The number of nitrogens with two attached hydrogens (primary N) is 2. The lowest BCUT2D eigenvalue weighted by atomic mass is 9.99. The summed E-state index contributed by atoms with van der Waals surface area (Å²) in [7, 11) is 0. The van der Waals surface area contributed by atoms with Crippen molar-refractivity contribution in [2.24, 2.45) is 11.5 Å². The maximum absolute atomic E-state index is 11.0. The Balaban J connectivity index is 2.58. The summed E-state index contributed by atoms with van der Waals surface area (Å²) in [5.74, 6) is 0.312. The van der Waals surface area contributed by atoms with Crippen molar-refractivity contribution < 1.29 is 9.53 Å². The summed E-state index contributed by atoms with van der Waals surface area (Å²) in [6.45, 7) is 6.01. The summed E-state index contributed by atoms with van der Waals surface area (Å²) in [4.78, 5) is 11.0. The van der Waals surface area contributed by atoms with Gasteiger partial charge in [-0.2, -0.15) is 0 Å². The monoisotopic (exact) mass is 236 g/mol. The minimum atomic E-state index is -1.02. The minimum Gasteiger partial charge on any atom is -0.493 e. The Kier molecular flexibility index (Phi) is 4.12. The Morgan fingerprint density at radius 2 is 2.06 bits per heavy atom. The summed E-state index contributed by atoms with van der Waals surface area (Å²) in [6, 6.07) is 5.87. The van der Waals surface area contributed by atoms with Gasteiger partial charge in [0, 0.05) is 6.42 Å². The zero-order valence-electron chi connectivity index (χ0n) is 10.6. The van der Waals surface area contributed by atoms with E-state index < -0.39 is 11.4 Å². The Hall–Kier alpha value is -1.55. The summed E-state index contributed by atoms with van der Waals surface area (Å²) in [6.07, 6.45) is 0.399. The second-order valence-electron chi connectivity index (χ2n) is 4.58. The molecule has 0 aromatic heterocycles. The van der Waals surface area contributed by atoms with E-state index in [1.165, 1.54) is 5.56 Å². The van der Waals surface area contributed by atoms with E-state index in [1.54, 1.807) is 6.92 Å². The third kappa shape index (κ3) is 3.46. The lowest BCUT2D eigenvalue weighted by Gasteiger charge is -2.20. The number of carbonyl (C=O) groups excluding carboxylic acids is 1. The molecule has 4 heteroatoms. The molecular weight excluding hydrogens is 216 g/mol. The number of aryl methyl sites for hydroxylation is 1. The highest BCUT2D eigenvalue weighted by Crippen LogP contribution is 2.21. The molecule has 1 amide bonds. The molecule has 1 aromatic rings. The molecule has 0 fully saturated rings. The summed E-state index contributed by atoms with van der Waals surface area (Å²) in [5.41, 5.74) is 12.2.